The van der Waals surface area contributed by atoms with E-state index in [0.717, 1.165) is 44.0 Å². The number of hydrogen-bond acceptors (Lipinski definition) is 5. The molecule has 2 unspecified atom stereocenters. The van der Waals surface area contributed by atoms with Crippen LogP contribution in [0.15, 0.2) is 6.33 Å². The van der Waals surface area contributed by atoms with E-state index in [1.165, 1.54) is 5.56 Å². The van der Waals surface area contributed by atoms with Gasteiger partial charge in [-0.3, -0.25) is 4.79 Å². The van der Waals surface area contributed by atoms with E-state index in [2.05, 4.69) is 32.4 Å². The van der Waals surface area contributed by atoms with Crippen molar-refractivity contribution >= 4 is 17.5 Å². The van der Waals surface area contributed by atoms with Crippen molar-refractivity contribution in [1.29, 1.82) is 0 Å². The molecule has 1 amide bonds. The van der Waals surface area contributed by atoms with Gasteiger partial charge in [-0.1, -0.05) is 6.92 Å². The highest BCUT2D eigenvalue weighted by Crippen LogP contribution is 2.31. The second-order valence-electron chi connectivity index (χ2n) is 5.84. The van der Waals surface area contributed by atoms with Crippen molar-refractivity contribution in [2.45, 2.75) is 38.6 Å². The van der Waals surface area contributed by atoms with Crippen LogP contribution in [0.5, 0.6) is 0 Å². The van der Waals surface area contributed by atoms with Crippen molar-refractivity contribution in [2.75, 3.05) is 30.4 Å². The van der Waals surface area contributed by atoms with Crippen LogP contribution in [0.3, 0.4) is 0 Å². The van der Waals surface area contributed by atoms with Gasteiger partial charge in [-0.2, -0.15) is 0 Å². The maximum absolute atomic E-state index is 11.5. The first-order chi connectivity index (χ1) is 10.2. The molecule has 2 saturated heterocycles. The van der Waals surface area contributed by atoms with Crippen LogP contribution >= 0.6 is 0 Å². The number of aromatic nitrogens is 2. The monoisotopic (exact) mass is 289 g/mol. The first kappa shape index (κ1) is 14.1. The standard InChI is InChI=1S/C15H23N5O/c1-3-11-14(16-2)17-9-18-15(11)20-7-6-12-10(8-20)4-5-13(21)19-12/h9-10,12H,3-8H2,1-2H3,(H,19,21)(H,16,17,18). The van der Waals surface area contributed by atoms with E-state index >= 15 is 0 Å². The van der Waals surface area contributed by atoms with Crippen molar-refractivity contribution < 1.29 is 4.79 Å². The second kappa shape index (κ2) is 5.87. The molecule has 3 heterocycles. The van der Waals surface area contributed by atoms with E-state index in [1.807, 2.05) is 7.05 Å². The Kier molecular flexibility index (Phi) is 3.94. The summed E-state index contributed by atoms with van der Waals surface area (Å²) in [7, 11) is 1.90. The highest BCUT2D eigenvalue weighted by atomic mass is 16.1. The number of nitrogens with zero attached hydrogens (tertiary/aromatic N) is 3. The molecule has 2 atom stereocenters. The Labute approximate surface area is 125 Å². The number of piperidine rings is 2. The zero-order chi connectivity index (χ0) is 14.8. The van der Waals surface area contributed by atoms with Crippen LogP contribution < -0.4 is 15.5 Å². The normalized spacial score (nSPS) is 25.2. The van der Waals surface area contributed by atoms with Gasteiger partial charge in [-0.15, -0.1) is 0 Å². The fraction of sp³-hybridized carbons (Fsp3) is 0.667. The molecule has 2 aliphatic heterocycles. The fourth-order valence-electron chi connectivity index (χ4n) is 3.52. The van der Waals surface area contributed by atoms with Gasteiger partial charge in [-0.05, 0) is 25.2 Å². The molecular weight excluding hydrogens is 266 g/mol. The first-order valence-electron chi connectivity index (χ1n) is 7.78. The number of amides is 1. The van der Waals surface area contributed by atoms with Gasteiger partial charge in [0.1, 0.15) is 18.0 Å². The van der Waals surface area contributed by atoms with Gasteiger partial charge >= 0.3 is 0 Å². The molecule has 0 spiro atoms. The van der Waals surface area contributed by atoms with E-state index in [4.69, 9.17) is 0 Å². The second-order valence-corrected chi connectivity index (χ2v) is 5.84. The Morgan fingerprint density at radius 2 is 2.29 bits per heavy atom. The van der Waals surface area contributed by atoms with Gasteiger partial charge in [0.2, 0.25) is 5.91 Å². The third-order valence-corrected chi connectivity index (χ3v) is 4.64. The summed E-state index contributed by atoms with van der Waals surface area (Å²) >= 11 is 0. The molecule has 0 saturated carbocycles. The molecule has 6 heteroatoms. The zero-order valence-corrected chi connectivity index (χ0v) is 12.7. The molecule has 21 heavy (non-hydrogen) atoms. The van der Waals surface area contributed by atoms with Crippen LogP contribution in [0.4, 0.5) is 11.6 Å². The molecular formula is C15H23N5O. The van der Waals surface area contributed by atoms with Crippen molar-refractivity contribution in [3.05, 3.63) is 11.9 Å². The van der Waals surface area contributed by atoms with Crippen molar-refractivity contribution in [3.8, 4) is 0 Å². The largest absolute Gasteiger partial charge is 0.373 e. The number of carbonyl (C=O) groups is 1. The molecule has 2 aliphatic rings. The maximum Gasteiger partial charge on any atom is 0.220 e. The number of fused-ring (bicyclic) bond motifs is 1. The van der Waals surface area contributed by atoms with Crippen molar-refractivity contribution in [1.82, 2.24) is 15.3 Å². The van der Waals surface area contributed by atoms with Crippen molar-refractivity contribution in [3.63, 3.8) is 0 Å². The fourth-order valence-corrected chi connectivity index (χ4v) is 3.52. The topological polar surface area (TPSA) is 70.2 Å². The molecule has 1 aromatic rings. The number of anilines is 2. The van der Waals surface area contributed by atoms with Crippen molar-refractivity contribution in [2.24, 2.45) is 5.92 Å². The van der Waals surface area contributed by atoms with Crippen LogP contribution in [0.1, 0.15) is 31.7 Å². The van der Waals surface area contributed by atoms with E-state index in [-0.39, 0.29) is 5.91 Å². The third kappa shape index (κ3) is 2.66. The molecule has 0 bridgehead atoms. The highest BCUT2D eigenvalue weighted by molar-refractivity contribution is 5.77. The summed E-state index contributed by atoms with van der Waals surface area (Å²) in [6.07, 6.45) is 5.18. The Bertz CT molecular complexity index is 533. The summed E-state index contributed by atoms with van der Waals surface area (Å²) < 4.78 is 0. The van der Waals surface area contributed by atoms with E-state index in [9.17, 15) is 4.79 Å². The summed E-state index contributed by atoms with van der Waals surface area (Å²) in [6.45, 7) is 4.04. The summed E-state index contributed by atoms with van der Waals surface area (Å²) in [5, 5.41) is 6.28. The van der Waals surface area contributed by atoms with Crippen LogP contribution in [0.2, 0.25) is 0 Å². The summed E-state index contributed by atoms with van der Waals surface area (Å²) in [5.74, 6) is 2.71. The van der Waals surface area contributed by atoms with Gasteiger partial charge in [0, 0.05) is 38.2 Å². The number of nitrogens with one attached hydrogen (secondary N) is 2. The third-order valence-electron chi connectivity index (χ3n) is 4.64. The van der Waals surface area contributed by atoms with Crippen LogP contribution in [0, 0.1) is 5.92 Å². The molecule has 0 aliphatic carbocycles. The molecule has 2 fully saturated rings. The number of carbonyl (C=O) groups excluding carboxylic acids is 1. The Morgan fingerprint density at radius 3 is 3.05 bits per heavy atom. The number of rotatable bonds is 3. The van der Waals surface area contributed by atoms with Gasteiger partial charge < -0.3 is 15.5 Å². The molecule has 6 nitrogen and oxygen atoms in total. The highest BCUT2D eigenvalue weighted by Gasteiger charge is 2.34. The molecule has 114 valence electrons. The average molecular weight is 289 g/mol. The SMILES string of the molecule is CCc1c(NC)ncnc1N1CCC2NC(=O)CCC2C1. The van der Waals surface area contributed by atoms with Crippen LogP contribution in [-0.4, -0.2) is 42.1 Å². The van der Waals surface area contributed by atoms with Gasteiger partial charge in [0.05, 0.1) is 0 Å². The van der Waals surface area contributed by atoms with Gasteiger partial charge in [0.25, 0.3) is 0 Å². The van der Waals surface area contributed by atoms with Gasteiger partial charge in [-0.25, -0.2) is 9.97 Å². The molecule has 2 N–H and O–H groups in total. The van der Waals surface area contributed by atoms with E-state index in [1.54, 1.807) is 6.33 Å². The Hall–Kier alpha value is -1.85. The molecule has 0 radical (unpaired) electrons. The summed E-state index contributed by atoms with van der Waals surface area (Å²) in [6, 6.07) is 0.346. The molecule has 1 aromatic heterocycles. The lowest BCUT2D eigenvalue weighted by Gasteiger charge is -2.42. The minimum Gasteiger partial charge on any atom is -0.373 e. The minimum absolute atomic E-state index is 0.207. The van der Waals surface area contributed by atoms with Crippen LogP contribution in [-0.2, 0) is 11.2 Å². The predicted molar refractivity (Wildman–Crippen MR) is 82.4 cm³/mol. The molecule has 0 aromatic carbocycles. The minimum atomic E-state index is 0.207. The number of hydrogen-bond donors (Lipinski definition) is 2. The smallest absolute Gasteiger partial charge is 0.220 e. The predicted octanol–water partition coefficient (Wildman–Crippen LogP) is 1.19. The quantitative estimate of drug-likeness (QED) is 0.874. The lowest BCUT2D eigenvalue weighted by Crippen LogP contribution is -2.54. The summed E-state index contributed by atoms with van der Waals surface area (Å²) in [5.41, 5.74) is 1.18. The summed E-state index contributed by atoms with van der Waals surface area (Å²) in [4.78, 5) is 22.7. The lowest BCUT2D eigenvalue weighted by molar-refractivity contribution is -0.124. The van der Waals surface area contributed by atoms with Crippen LogP contribution in [0.25, 0.3) is 0 Å². The zero-order valence-electron chi connectivity index (χ0n) is 12.7. The van der Waals surface area contributed by atoms with E-state index in [0.29, 0.717) is 18.4 Å². The lowest BCUT2D eigenvalue weighted by atomic mass is 9.85. The Morgan fingerprint density at radius 1 is 1.43 bits per heavy atom. The molecule has 3 rings (SSSR count). The van der Waals surface area contributed by atoms with Gasteiger partial charge in [0.15, 0.2) is 0 Å². The first-order valence-corrected chi connectivity index (χ1v) is 7.78. The van der Waals surface area contributed by atoms with E-state index < -0.39 is 0 Å². The maximum atomic E-state index is 11.5. The average Bonchev–Trinajstić information content (AvgIpc) is 2.53. The Balaban J connectivity index is 1.81.